The molecule has 0 saturated carbocycles. The van der Waals surface area contributed by atoms with Crippen LogP contribution in [0.4, 0.5) is 36.8 Å². The van der Waals surface area contributed by atoms with E-state index in [1.54, 1.807) is 5.32 Å². The zero-order valence-corrected chi connectivity index (χ0v) is 15.9. The third-order valence-corrected chi connectivity index (χ3v) is 4.88. The molecule has 2 rings (SSSR count). The second-order valence-corrected chi connectivity index (χ2v) is 7.16. The van der Waals surface area contributed by atoms with Gasteiger partial charge in [0.25, 0.3) is 5.91 Å². The largest absolute Gasteiger partial charge is 0.357 e. The highest BCUT2D eigenvalue weighted by molar-refractivity contribution is 8.00. The number of halogens is 7. The standard InChI is InChI=1S/C17H11ClF6N2O2S/c1-7-5-12(29-17(23,24)15(21)22)8(18)6-11(7)25-16(28)26-14(27)13-9(19)3-2-4-10(13)20/h2-6,15H,1H3,(H2,25,26,27,28). The van der Waals surface area contributed by atoms with Crippen LogP contribution in [0.1, 0.15) is 15.9 Å². The fraction of sp³-hybridized carbons (Fsp3) is 0.176. The summed E-state index contributed by atoms with van der Waals surface area (Å²) in [5, 5.41) is -0.872. The minimum absolute atomic E-state index is 0.0426. The van der Waals surface area contributed by atoms with Crippen LogP contribution in [0.3, 0.4) is 0 Å². The smallest absolute Gasteiger partial charge is 0.307 e. The molecular weight excluding hydrogens is 446 g/mol. The van der Waals surface area contributed by atoms with E-state index < -0.39 is 52.6 Å². The van der Waals surface area contributed by atoms with Gasteiger partial charge in [0, 0.05) is 10.6 Å². The number of hydrogen-bond donors (Lipinski definition) is 2. The maximum absolute atomic E-state index is 13.6. The fourth-order valence-corrected chi connectivity index (χ4v) is 3.15. The zero-order valence-electron chi connectivity index (χ0n) is 14.3. The van der Waals surface area contributed by atoms with E-state index in [4.69, 9.17) is 11.6 Å². The number of nitrogens with one attached hydrogen (secondary N) is 2. The first-order chi connectivity index (χ1) is 13.4. The van der Waals surface area contributed by atoms with Crippen molar-refractivity contribution in [1.29, 1.82) is 0 Å². The molecule has 156 valence electrons. The van der Waals surface area contributed by atoms with Crippen molar-refractivity contribution in [2.24, 2.45) is 0 Å². The van der Waals surface area contributed by atoms with Crippen LogP contribution in [0.5, 0.6) is 0 Å². The van der Waals surface area contributed by atoms with Crippen molar-refractivity contribution in [3.63, 3.8) is 0 Å². The minimum Gasteiger partial charge on any atom is -0.307 e. The first kappa shape index (κ1) is 22.9. The van der Waals surface area contributed by atoms with Gasteiger partial charge in [-0.05, 0) is 48.5 Å². The van der Waals surface area contributed by atoms with Crippen molar-refractivity contribution < 1.29 is 35.9 Å². The van der Waals surface area contributed by atoms with E-state index in [9.17, 15) is 35.9 Å². The van der Waals surface area contributed by atoms with Crippen LogP contribution < -0.4 is 10.6 Å². The van der Waals surface area contributed by atoms with E-state index in [0.717, 1.165) is 30.3 Å². The van der Waals surface area contributed by atoms with E-state index in [1.165, 1.54) is 6.92 Å². The third kappa shape index (κ3) is 5.57. The molecule has 0 aliphatic rings. The molecule has 4 nitrogen and oxygen atoms in total. The number of rotatable bonds is 5. The summed E-state index contributed by atoms with van der Waals surface area (Å²) < 4.78 is 78.2. The zero-order chi connectivity index (χ0) is 21.9. The molecule has 0 atom stereocenters. The quantitative estimate of drug-likeness (QED) is 0.439. The monoisotopic (exact) mass is 456 g/mol. The van der Waals surface area contributed by atoms with E-state index in [2.05, 4.69) is 5.32 Å². The van der Waals surface area contributed by atoms with E-state index in [1.807, 2.05) is 0 Å². The lowest BCUT2D eigenvalue weighted by atomic mass is 10.2. The van der Waals surface area contributed by atoms with Crippen LogP contribution in [0.25, 0.3) is 0 Å². The summed E-state index contributed by atoms with van der Waals surface area (Å²) in [7, 11) is 0. The van der Waals surface area contributed by atoms with Crippen LogP contribution in [-0.2, 0) is 0 Å². The van der Waals surface area contributed by atoms with E-state index in [-0.39, 0.29) is 21.2 Å². The Bertz CT molecular complexity index is 938. The van der Waals surface area contributed by atoms with Gasteiger partial charge in [-0.15, -0.1) is 0 Å². The molecule has 0 aromatic heterocycles. The molecule has 0 radical (unpaired) electrons. The van der Waals surface area contributed by atoms with Gasteiger partial charge in [0.2, 0.25) is 0 Å². The van der Waals surface area contributed by atoms with Crippen LogP contribution in [-0.4, -0.2) is 23.6 Å². The normalized spacial score (nSPS) is 11.5. The second-order valence-electron chi connectivity index (χ2n) is 5.57. The van der Waals surface area contributed by atoms with Crippen molar-refractivity contribution >= 4 is 41.0 Å². The molecule has 2 aromatic rings. The average molecular weight is 457 g/mol. The Morgan fingerprint density at radius 2 is 1.72 bits per heavy atom. The van der Waals surface area contributed by atoms with Crippen LogP contribution in [0, 0.1) is 18.6 Å². The summed E-state index contributed by atoms with van der Waals surface area (Å²) >= 11 is 5.35. The third-order valence-electron chi connectivity index (χ3n) is 3.44. The summed E-state index contributed by atoms with van der Waals surface area (Å²) in [5.41, 5.74) is -0.862. The van der Waals surface area contributed by atoms with Gasteiger partial charge >= 0.3 is 17.7 Å². The highest BCUT2D eigenvalue weighted by Crippen LogP contribution is 2.44. The summed E-state index contributed by atoms with van der Waals surface area (Å²) in [6.45, 7) is 1.36. The Kier molecular flexibility index (Phi) is 7.06. The Hall–Kier alpha value is -2.40. The Morgan fingerprint density at radius 3 is 2.28 bits per heavy atom. The summed E-state index contributed by atoms with van der Waals surface area (Å²) in [6.07, 6.45) is -3.92. The van der Waals surface area contributed by atoms with Crippen molar-refractivity contribution in [3.05, 3.63) is 58.1 Å². The number of hydrogen-bond acceptors (Lipinski definition) is 3. The predicted octanol–water partition coefficient (Wildman–Crippen LogP) is 5.84. The maximum atomic E-state index is 13.6. The van der Waals surface area contributed by atoms with Gasteiger partial charge in [-0.2, -0.15) is 8.78 Å². The van der Waals surface area contributed by atoms with Gasteiger partial charge in [0.05, 0.1) is 5.02 Å². The molecule has 0 aliphatic carbocycles. The Balaban J connectivity index is 2.15. The van der Waals surface area contributed by atoms with Gasteiger partial charge in [0.1, 0.15) is 17.2 Å². The molecule has 0 spiro atoms. The summed E-state index contributed by atoms with van der Waals surface area (Å²) in [5.74, 6) is -3.72. The van der Waals surface area contributed by atoms with Crippen LogP contribution >= 0.6 is 23.4 Å². The molecule has 0 heterocycles. The SMILES string of the molecule is Cc1cc(SC(F)(F)C(F)F)c(Cl)cc1NC(=O)NC(=O)c1c(F)cccc1F. The molecule has 2 aromatic carbocycles. The Morgan fingerprint density at radius 1 is 1.14 bits per heavy atom. The van der Waals surface area contributed by atoms with E-state index in [0.29, 0.717) is 0 Å². The average Bonchev–Trinajstić information content (AvgIpc) is 2.58. The van der Waals surface area contributed by atoms with Gasteiger partial charge < -0.3 is 5.32 Å². The van der Waals surface area contributed by atoms with Crippen molar-refractivity contribution in [2.75, 3.05) is 5.32 Å². The topological polar surface area (TPSA) is 58.2 Å². The molecule has 0 bridgehead atoms. The molecule has 2 N–H and O–H groups in total. The van der Waals surface area contributed by atoms with Gasteiger partial charge in [-0.1, -0.05) is 17.7 Å². The molecular formula is C17H11ClF6N2O2S. The maximum Gasteiger partial charge on any atom is 0.357 e. The van der Waals surface area contributed by atoms with Crippen molar-refractivity contribution in [1.82, 2.24) is 5.32 Å². The van der Waals surface area contributed by atoms with Crippen molar-refractivity contribution in [3.8, 4) is 0 Å². The number of amides is 3. The number of anilines is 1. The van der Waals surface area contributed by atoms with Gasteiger partial charge in [0.15, 0.2) is 0 Å². The lowest BCUT2D eigenvalue weighted by Crippen LogP contribution is -2.35. The highest BCUT2D eigenvalue weighted by atomic mass is 35.5. The lowest BCUT2D eigenvalue weighted by molar-refractivity contribution is -0.0563. The van der Waals surface area contributed by atoms with Gasteiger partial charge in [-0.3, -0.25) is 10.1 Å². The second kappa shape index (κ2) is 8.95. The minimum atomic E-state index is -4.38. The number of imide groups is 1. The first-order valence-electron chi connectivity index (χ1n) is 7.64. The lowest BCUT2D eigenvalue weighted by Gasteiger charge is -2.17. The number of carbonyl (C=O) groups excluding carboxylic acids is 2. The fourth-order valence-electron chi connectivity index (χ4n) is 2.09. The summed E-state index contributed by atoms with van der Waals surface area (Å²) in [4.78, 5) is 23.5. The molecule has 29 heavy (non-hydrogen) atoms. The molecule has 0 unspecified atom stereocenters. The highest BCUT2D eigenvalue weighted by Gasteiger charge is 2.42. The van der Waals surface area contributed by atoms with E-state index >= 15 is 0 Å². The molecule has 0 fully saturated rings. The molecule has 3 amide bonds. The number of thioether (sulfide) groups is 1. The predicted molar refractivity (Wildman–Crippen MR) is 95.8 cm³/mol. The van der Waals surface area contributed by atoms with Crippen LogP contribution in [0.15, 0.2) is 35.2 Å². The summed E-state index contributed by atoms with van der Waals surface area (Å²) in [6, 6.07) is 3.54. The van der Waals surface area contributed by atoms with Gasteiger partial charge in [-0.25, -0.2) is 22.4 Å². The number of carbonyl (C=O) groups is 2. The molecule has 0 aliphatic heterocycles. The van der Waals surface area contributed by atoms with Crippen molar-refractivity contribution in [2.45, 2.75) is 23.5 Å². The number of alkyl halides is 4. The molecule has 0 saturated heterocycles. The first-order valence-corrected chi connectivity index (χ1v) is 8.83. The molecule has 12 heteroatoms. The number of benzene rings is 2. The number of urea groups is 1. The number of aryl methyl sites for hydroxylation is 1. The van der Waals surface area contributed by atoms with Crippen LogP contribution in [0.2, 0.25) is 5.02 Å². The Labute approximate surface area is 169 Å².